The Labute approximate surface area is 171 Å². The van der Waals surface area contributed by atoms with Crippen LogP contribution in [0, 0.1) is 11.8 Å². The number of carbonyl (C=O) groups excluding carboxylic acids is 2. The number of carbonyl (C=O) groups is 2. The van der Waals surface area contributed by atoms with Crippen molar-refractivity contribution in [3.63, 3.8) is 0 Å². The van der Waals surface area contributed by atoms with Crippen LogP contribution in [0.4, 0.5) is 0 Å². The standard InChI is InChI=1S/2C9H12N2O2S/c2*1-9(13,8-10-2-3-14-8)6-4-7(12)11-5-6/h2*2-3,6,13H,4-5H2,1H3,(H,11,12)/t6-,9+;6-,9-/m11/s1. The lowest BCUT2D eigenvalue weighted by atomic mass is 9.89. The van der Waals surface area contributed by atoms with Gasteiger partial charge in [-0.15, -0.1) is 22.7 Å². The average Bonchev–Trinajstić information content (AvgIpc) is 3.42. The van der Waals surface area contributed by atoms with Gasteiger partial charge in [-0.05, 0) is 13.8 Å². The minimum Gasteiger partial charge on any atom is -0.383 e. The zero-order chi connectivity index (χ0) is 20.4. The van der Waals surface area contributed by atoms with E-state index in [0.717, 1.165) is 0 Å². The first kappa shape index (κ1) is 20.8. The SMILES string of the molecule is C[C@@](O)(c1nccs1)[C@H]1CNC(=O)C1.C[C@](O)(c1nccs1)[C@H]1CNC(=O)C1. The molecule has 2 amide bonds. The molecule has 2 fully saturated rings. The molecule has 152 valence electrons. The molecule has 0 spiro atoms. The highest BCUT2D eigenvalue weighted by atomic mass is 32.1. The molecule has 0 saturated carbocycles. The van der Waals surface area contributed by atoms with E-state index in [1.807, 2.05) is 10.8 Å². The number of nitrogens with zero attached hydrogens (tertiary/aromatic N) is 2. The van der Waals surface area contributed by atoms with Crippen LogP contribution in [0.2, 0.25) is 0 Å². The Hall–Kier alpha value is -1.88. The van der Waals surface area contributed by atoms with E-state index in [4.69, 9.17) is 0 Å². The normalized spacial score (nSPS) is 25.9. The third kappa shape index (κ3) is 4.40. The maximum Gasteiger partial charge on any atom is 0.220 e. The van der Waals surface area contributed by atoms with Crippen LogP contribution in [-0.2, 0) is 20.8 Å². The predicted molar refractivity (Wildman–Crippen MR) is 106 cm³/mol. The van der Waals surface area contributed by atoms with E-state index < -0.39 is 11.2 Å². The summed E-state index contributed by atoms with van der Waals surface area (Å²) in [7, 11) is 0. The van der Waals surface area contributed by atoms with Crippen molar-refractivity contribution >= 4 is 34.5 Å². The highest BCUT2D eigenvalue weighted by Crippen LogP contribution is 2.35. The number of hydrogen-bond acceptors (Lipinski definition) is 8. The lowest BCUT2D eigenvalue weighted by Gasteiger charge is -2.26. The van der Waals surface area contributed by atoms with Crippen LogP contribution in [0.5, 0.6) is 0 Å². The van der Waals surface area contributed by atoms with Crippen molar-refractivity contribution in [1.82, 2.24) is 20.6 Å². The highest BCUT2D eigenvalue weighted by molar-refractivity contribution is 7.09. The summed E-state index contributed by atoms with van der Waals surface area (Å²) in [6, 6.07) is 0. The quantitative estimate of drug-likeness (QED) is 0.580. The highest BCUT2D eigenvalue weighted by Gasteiger charge is 2.41. The minimum atomic E-state index is -0.993. The smallest absolute Gasteiger partial charge is 0.220 e. The van der Waals surface area contributed by atoms with E-state index in [-0.39, 0.29) is 23.7 Å². The fraction of sp³-hybridized carbons (Fsp3) is 0.556. The van der Waals surface area contributed by atoms with Gasteiger partial charge in [0.1, 0.15) is 21.2 Å². The third-order valence-corrected chi connectivity index (χ3v) is 7.27. The second-order valence-electron chi connectivity index (χ2n) is 7.38. The number of aliphatic hydroxyl groups is 2. The molecule has 2 aliphatic heterocycles. The second-order valence-corrected chi connectivity index (χ2v) is 9.17. The van der Waals surface area contributed by atoms with E-state index in [9.17, 15) is 19.8 Å². The van der Waals surface area contributed by atoms with Crippen LogP contribution in [0.1, 0.15) is 36.7 Å². The molecule has 0 aliphatic carbocycles. The fourth-order valence-electron chi connectivity index (χ4n) is 3.30. The molecule has 8 nitrogen and oxygen atoms in total. The largest absolute Gasteiger partial charge is 0.383 e. The molecule has 10 heteroatoms. The van der Waals surface area contributed by atoms with E-state index >= 15 is 0 Å². The molecule has 0 unspecified atom stereocenters. The summed E-state index contributed by atoms with van der Waals surface area (Å²) in [4.78, 5) is 30.2. The van der Waals surface area contributed by atoms with Crippen LogP contribution in [0.15, 0.2) is 23.2 Å². The lowest BCUT2D eigenvalue weighted by Crippen LogP contribution is -2.33. The molecule has 28 heavy (non-hydrogen) atoms. The van der Waals surface area contributed by atoms with Gasteiger partial charge in [-0.2, -0.15) is 0 Å². The first-order valence-corrected chi connectivity index (χ1v) is 10.7. The summed E-state index contributed by atoms with van der Waals surface area (Å²) in [5.41, 5.74) is -1.99. The summed E-state index contributed by atoms with van der Waals surface area (Å²) < 4.78 is 0. The van der Waals surface area contributed by atoms with Crippen molar-refractivity contribution in [2.45, 2.75) is 37.9 Å². The summed E-state index contributed by atoms with van der Waals surface area (Å²) >= 11 is 2.84. The van der Waals surface area contributed by atoms with E-state index in [1.54, 1.807) is 26.2 Å². The van der Waals surface area contributed by atoms with Crippen LogP contribution in [-0.4, -0.2) is 45.1 Å². The fourth-order valence-corrected chi connectivity index (χ4v) is 4.86. The van der Waals surface area contributed by atoms with Gasteiger partial charge in [0.05, 0.1) is 0 Å². The number of aromatic nitrogens is 2. The first-order valence-electron chi connectivity index (χ1n) is 8.99. The summed E-state index contributed by atoms with van der Waals surface area (Å²) in [6.45, 7) is 4.50. The molecule has 4 heterocycles. The average molecular weight is 425 g/mol. The maximum atomic E-state index is 11.0. The van der Waals surface area contributed by atoms with Gasteiger partial charge in [0.15, 0.2) is 0 Å². The van der Waals surface area contributed by atoms with Gasteiger partial charge in [-0.1, -0.05) is 0 Å². The molecule has 0 radical (unpaired) electrons. The van der Waals surface area contributed by atoms with Gasteiger partial charge >= 0.3 is 0 Å². The van der Waals surface area contributed by atoms with Crippen LogP contribution in [0.25, 0.3) is 0 Å². The second kappa shape index (κ2) is 8.24. The van der Waals surface area contributed by atoms with Gasteiger partial charge in [-0.3, -0.25) is 9.59 Å². The molecule has 4 N–H and O–H groups in total. The molecule has 2 aliphatic rings. The molecular weight excluding hydrogens is 400 g/mol. The Morgan fingerprint density at radius 2 is 1.29 bits per heavy atom. The molecule has 4 atom stereocenters. The van der Waals surface area contributed by atoms with Gasteiger partial charge in [-0.25, -0.2) is 9.97 Å². The number of amides is 2. The van der Waals surface area contributed by atoms with Crippen molar-refractivity contribution < 1.29 is 19.8 Å². The number of thiazole rings is 2. The number of nitrogens with one attached hydrogen (secondary N) is 2. The number of hydrogen-bond donors (Lipinski definition) is 4. The summed E-state index contributed by atoms with van der Waals surface area (Å²) in [5, 5.41) is 30.9. The Kier molecular flexibility index (Phi) is 6.13. The monoisotopic (exact) mass is 424 g/mol. The molecule has 0 aromatic carbocycles. The molecule has 2 aromatic rings. The van der Waals surface area contributed by atoms with E-state index in [1.165, 1.54) is 22.7 Å². The van der Waals surface area contributed by atoms with Gasteiger partial charge in [0.25, 0.3) is 0 Å². The van der Waals surface area contributed by atoms with Gasteiger partial charge in [0, 0.05) is 60.9 Å². The molecule has 2 aromatic heterocycles. The summed E-state index contributed by atoms with van der Waals surface area (Å²) in [5.74, 6) is -0.124. The Bertz CT molecular complexity index is 737. The zero-order valence-corrected chi connectivity index (χ0v) is 17.3. The van der Waals surface area contributed by atoms with Crippen LogP contribution in [0.3, 0.4) is 0 Å². The topological polar surface area (TPSA) is 124 Å². The van der Waals surface area contributed by atoms with Crippen molar-refractivity contribution in [2.75, 3.05) is 13.1 Å². The molecule has 2 saturated heterocycles. The van der Waals surface area contributed by atoms with Crippen molar-refractivity contribution in [3.8, 4) is 0 Å². The van der Waals surface area contributed by atoms with E-state index in [2.05, 4.69) is 20.6 Å². The molecule has 0 bridgehead atoms. The lowest BCUT2D eigenvalue weighted by molar-refractivity contribution is -0.120. The van der Waals surface area contributed by atoms with Crippen molar-refractivity contribution in [3.05, 3.63) is 33.2 Å². The summed E-state index contributed by atoms with van der Waals surface area (Å²) in [6.07, 6.45) is 4.09. The maximum absolute atomic E-state index is 11.0. The van der Waals surface area contributed by atoms with Gasteiger partial charge < -0.3 is 20.8 Å². The number of rotatable bonds is 4. The predicted octanol–water partition coefficient (Wildman–Crippen LogP) is 0.973. The molecule has 4 rings (SSSR count). The van der Waals surface area contributed by atoms with E-state index in [0.29, 0.717) is 35.9 Å². The van der Waals surface area contributed by atoms with Crippen LogP contribution >= 0.6 is 22.7 Å². The Balaban J connectivity index is 0.000000161. The molecular formula is C18H24N4O4S2. The Morgan fingerprint density at radius 3 is 1.54 bits per heavy atom. The zero-order valence-electron chi connectivity index (χ0n) is 15.7. The minimum absolute atomic E-state index is 0.00633. The third-order valence-electron chi connectivity index (χ3n) is 5.28. The van der Waals surface area contributed by atoms with Crippen LogP contribution < -0.4 is 10.6 Å². The van der Waals surface area contributed by atoms with Crippen molar-refractivity contribution in [1.29, 1.82) is 0 Å². The first-order chi connectivity index (χ1) is 13.2. The van der Waals surface area contributed by atoms with Crippen molar-refractivity contribution in [2.24, 2.45) is 11.8 Å². The Morgan fingerprint density at radius 1 is 0.893 bits per heavy atom. The van der Waals surface area contributed by atoms with Gasteiger partial charge in [0.2, 0.25) is 11.8 Å².